The second-order valence-corrected chi connectivity index (χ2v) is 10.2. The van der Waals surface area contributed by atoms with Crippen LogP contribution < -0.4 is 0 Å². The van der Waals surface area contributed by atoms with Crippen LogP contribution >= 0.6 is 23.2 Å². The molecule has 2 aromatic carbocycles. The standard InChI is InChI=1S/C28H25Cl2N3O5/c29-19-9-7-18(8-10-19)28(14-21-12-11-20(30)15-31-21)23-5-2-1-4-22(23)27(37)33(28)38-17-25(35)24(34)16-32-13-3-6-26(32)36/h1-2,4-5,7-12,15,24,34H,3,6,13-14,16-17H2/t24?,28-/m1/s1. The summed E-state index contributed by atoms with van der Waals surface area (Å²) in [5, 5.41) is 12.7. The number of β-amino-alcohol motifs (C(OH)–C–C–N with tert-alkyl or cyclic N) is 1. The molecule has 2 aliphatic rings. The van der Waals surface area contributed by atoms with Crippen LogP contribution in [0.4, 0.5) is 0 Å². The highest BCUT2D eigenvalue weighted by atomic mass is 35.5. The molecule has 0 aliphatic carbocycles. The number of aliphatic hydroxyl groups excluding tert-OH is 1. The van der Waals surface area contributed by atoms with Gasteiger partial charge in [-0.15, -0.1) is 0 Å². The lowest BCUT2D eigenvalue weighted by atomic mass is 9.79. The molecule has 2 amide bonds. The van der Waals surface area contributed by atoms with Crippen molar-refractivity contribution < 1.29 is 24.3 Å². The number of fused-ring (bicyclic) bond motifs is 1. The Kier molecular flexibility index (Phi) is 7.49. The van der Waals surface area contributed by atoms with Crippen LogP contribution in [-0.4, -0.2) is 63.5 Å². The molecule has 3 aromatic rings. The van der Waals surface area contributed by atoms with Gasteiger partial charge in [-0.25, -0.2) is 5.06 Å². The van der Waals surface area contributed by atoms with Crippen LogP contribution in [0, 0.1) is 0 Å². The summed E-state index contributed by atoms with van der Waals surface area (Å²) in [5.41, 5.74) is 1.26. The van der Waals surface area contributed by atoms with E-state index in [4.69, 9.17) is 28.0 Å². The van der Waals surface area contributed by atoms with E-state index in [0.717, 1.165) is 0 Å². The van der Waals surface area contributed by atoms with Crippen molar-refractivity contribution in [2.45, 2.75) is 30.9 Å². The molecular weight excluding hydrogens is 529 g/mol. The zero-order valence-electron chi connectivity index (χ0n) is 20.3. The summed E-state index contributed by atoms with van der Waals surface area (Å²) in [6.45, 7) is -0.170. The highest BCUT2D eigenvalue weighted by molar-refractivity contribution is 6.30. The van der Waals surface area contributed by atoms with Gasteiger partial charge in [0.05, 0.1) is 11.6 Å². The number of pyridine rings is 1. The van der Waals surface area contributed by atoms with Gasteiger partial charge in [-0.05, 0) is 47.9 Å². The van der Waals surface area contributed by atoms with E-state index < -0.39 is 29.9 Å². The molecular formula is C28H25Cl2N3O5. The van der Waals surface area contributed by atoms with Crippen LogP contribution in [0.3, 0.4) is 0 Å². The summed E-state index contributed by atoms with van der Waals surface area (Å²) in [4.78, 5) is 50.4. The molecule has 0 saturated carbocycles. The topological polar surface area (TPSA) is 100 Å². The number of Topliss-reactive ketones (excluding diaryl/α,β-unsaturated/α-hetero) is 1. The fourth-order valence-electron chi connectivity index (χ4n) is 5.06. The fraction of sp³-hybridized carbons (Fsp3) is 0.286. The number of nitrogens with zero attached hydrogens (tertiary/aromatic N) is 3. The second-order valence-electron chi connectivity index (χ2n) is 9.36. The lowest BCUT2D eigenvalue weighted by molar-refractivity contribution is -0.180. The Hall–Kier alpha value is -3.30. The molecule has 1 aromatic heterocycles. The molecule has 2 aliphatic heterocycles. The van der Waals surface area contributed by atoms with E-state index in [2.05, 4.69) is 4.98 Å². The van der Waals surface area contributed by atoms with Crippen LogP contribution in [0.15, 0.2) is 66.9 Å². The number of ketones is 1. The predicted octanol–water partition coefficient (Wildman–Crippen LogP) is 3.81. The van der Waals surface area contributed by atoms with E-state index >= 15 is 0 Å². The van der Waals surface area contributed by atoms with Crippen LogP contribution in [-0.2, 0) is 26.4 Å². The Balaban J connectivity index is 1.50. The summed E-state index contributed by atoms with van der Waals surface area (Å²) < 4.78 is 0. The molecule has 10 heteroatoms. The predicted molar refractivity (Wildman–Crippen MR) is 141 cm³/mol. The van der Waals surface area contributed by atoms with Crippen molar-refractivity contribution in [3.63, 3.8) is 0 Å². The van der Waals surface area contributed by atoms with Crippen LogP contribution in [0.1, 0.15) is 40.0 Å². The number of hydrogen-bond donors (Lipinski definition) is 1. The maximum absolute atomic E-state index is 13.7. The number of rotatable bonds is 9. The molecule has 0 radical (unpaired) electrons. The zero-order valence-corrected chi connectivity index (χ0v) is 21.9. The van der Waals surface area contributed by atoms with Crippen molar-refractivity contribution >= 4 is 40.8 Å². The third kappa shape index (κ3) is 4.92. The molecule has 38 heavy (non-hydrogen) atoms. The minimum Gasteiger partial charge on any atom is -0.383 e. The van der Waals surface area contributed by atoms with Crippen molar-refractivity contribution in [1.82, 2.24) is 14.9 Å². The van der Waals surface area contributed by atoms with Gasteiger partial charge >= 0.3 is 0 Å². The zero-order chi connectivity index (χ0) is 26.9. The van der Waals surface area contributed by atoms with Crippen molar-refractivity contribution in [1.29, 1.82) is 0 Å². The minimum absolute atomic E-state index is 0.0971. The number of carbonyl (C=O) groups is 3. The number of benzene rings is 2. The van der Waals surface area contributed by atoms with E-state index in [1.54, 1.807) is 48.5 Å². The van der Waals surface area contributed by atoms with E-state index in [1.165, 1.54) is 16.2 Å². The molecule has 2 atom stereocenters. The number of halogens is 2. The molecule has 196 valence electrons. The van der Waals surface area contributed by atoms with Gasteiger partial charge in [-0.3, -0.25) is 24.2 Å². The number of aromatic nitrogens is 1. The average molecular weight is 554 g/mol. The average Bonchev–Trinajstić information content (AvgIpc) is 3.43. The Morgan fingerprint density at radius 2 is 1.79 bits per heavy atom. The number of carbonyl (C=O) groups excluding carboxylic acids is 3. The van der Waals surface area contributed by atoms with E-state index in [0.29, 0.717) is 51.8 Å². The molecule has 3 heterocycles. The summed E-state index contributed by atoms with van der Waals surface area (Å²) in [7, 11) is 0. The minimum atomic E-state index is -1.43. The third-order valence-electron chi connectivity index (χ3n) is 6.95. The van der Waals surface area contributed by atoms with Gasteiger partial charge in [0.1, 0.15) is 18.2 Å². The molecule has 1 fully saturated rings. The summed E-state index contributed by atoms with van der Waals surface area (Å²) in [6, 6.07) is 17.7. The number of amides is 2. The van der Waals surface area contributed by atoms with Gasteiger partial charge in [0.15, 0.2) is 5.78 Å². The maximum atomic E-state index is 13.7. The first-order valence-corrected chi connectivity index (χ1v) is 13.0. The summed E-state index contributed by atoms with van der Waals surface area (Å²) >= 11 is 12.2. The largest absolute Gasteiger partial charge is 0.383 e. The summed E-state index contributed by atoms with van der Waals surface area (Å²) in [5.74, 6) is -1.16. The Labute approximate surface area is 229 Å². The van der Waals surface area contributed by atoms with Crippen molar-refractivity contribution in [2.75, 3.05) is 19.7 Å². The van der Waals surface area contributed by atoms with Crippen LogP contribution in [0.5, 0.6) is 0 Å². The van der Waals surface area contributed by atoms with Gasteiger partial charge in [0, 0.05) is 41.9 Å². The normalized spacial score (nSPS) is 19.7. The smallest absolute Gasteiger partial charge is 0.279 e. The van der Waals surface area contributed by atoms with Crippen molar-refractivity contribution in [2.24, 2.45) is 0 Å². The monoisotopic (exact) mass is 553 g/mol. The van der Waals surface area contributed by atoms with Crippen molar-refractivity contribution in [3.8, 4) is 0 Å². The Bertz CT molecular complexity index is 1370. The molecule has 1 saturated heterocycles. The first kappa shape index (κ1) is 26.3. The first-order chi connectivity index (χ1) is 18.3. The Morgan fingerprint density at radius 3 is 2.47 bits per heavy atom. The molecule has 1 N–H and O–H groups in total. The molecule has 5 rings (SSSR count). The highest BCUT2D eigenvalue weighted by Crippen LogP contribution is 2.46. The van der Waals surface area contributed by atoms with Crippen LogP contribution in [0.2, 0.25) is 10.0 Å². The fourth-order valence-corrected chi connectivity index (χ4v) is 5.30. The molecule has 1 unspecified atom stereocenters. The van der Waals surface area contributed by atoms with E-state index in [1.807, 2.05) is 12.1 Å². The van der Waals surface area contributed by atoms with E-state index in [-0.39, 0.29) is 18.9 Å². The SMILES string of the molecule is O=C(CON1C(=O)c2ccccc2[C@@]1(Cc1ccc(Cl)cn1)c1ccc(Cl)cc1)C(O)CN1CCCC1=O. The number of likely N-dealkylation sites (tertiary alicyclic amines) is 1. The van der Waals surface area contributed by atoms with Gasteiger partial charge in [-0.1, -0.05) is 53.5 Å². The number of hydroxylamine groups is 2. The quantitative estimate of drug-likeness (QED) is 0.432. The lowest BCUT2D eigenvalue weighted by Crippen LogP contribution is -2.48. The number of hydrogen-bond acceptors (Lipinski definition) is 6. The van der Waals surface area contributed by atoms with Gasteiger partial charge in [0.25, 0.3) is 5.91 Å². The van der Waals surface area contributed by atoms with Gasteiger partial charge in [0.2, 0.25) is 5.91 Å². The van der Waals surface area contributed by atoms with E-state index in [9.17, 15) is 19.5 Å². The first-order valence-electron chi connectivity index (χ1n) is 12.2. The highest BCUT2D eigenvalue weighted by Gasteiger charge is 2.52. The Morgan fingerprint density at radius 1 is 1.05 bits per heavy atom. The maximum Gasteiger partial charge on any atom is 0.279 e. The van der Waals surface area contributed by atoms with Gasteiger partial charge < -0.3 is 10.0 Å². The molecule has 0 bridgehead atoms. The van der Waals surface area contributed by atoms with Gasteiger partial charge in [-0.2, -0.15) is 0 Å². The number of aliphatic hydroxyl groups is 1. The summed E-state index contributed by atoms with van der Waals surface area (Å²) in [6.07, 6.45) is 1.41. The molecule has 8 nitrogen and oxygen atoms in total. The van der Waals surface area contributed by atoms with Crippen molar-refractivity contribution in [3.05, 3.63) is 99.3 Å². The second kappa shape index (κ2) is 10.8. The lowest BCUT2D eigenvalue weighted by Gasteiger charge is -2.38. The third-order valence-corrected chi connectivity index (χ3v) is 7.43. The van der Waals surface area contributed by atoms with Crippen LogP contribution in [0.25, 0.3) is 0 Å². The molecule has 0 spiro atoms.